The topological polar surface area (TPSA) is 0 Å². The van der Waals surface area contributed by atoms with Crippen molar-refractivity contribution in [1.29, 1.82) is 0 Å². The number of rotatable bonds is 2. The fraction of sp³-hybridized carbons (Fsp3) is 0.235. The molecule has 0 aromatic heterocycles. The van der Waals surface area contributed by atoms with Gasteiger partial charge in [0.25, 0.3) is 0 Å². The number of hydrogen-bond acceptors (Lipinski definition) is 0. The van der Waals surface area contributed by atoms with Crippen molar-refractivity contribution in [2.24, 2.45) is 5.92 Å². The minimum atomic E-state index is 0. The molecular formula is C17H17Hf. The van der Waals surface area contributed by atoms with Crippen LogP contribution in [0, 0.1) is 11.8 Å². The summed E-state index contributed by atoms with van der Waals surface area (Å²) < 4.78 is 0. The fourth-order valence-corrected chi connectivity index (χ4v) is 2.56. The quantitative estimate of drug-likeness (QED) is 0.634. The molecule has 2 aromatic rings. The second-order valence-electron chi connectivity index (χ2n) is 4.88. The molecule has 0 amide bonds. The van der Waals surface area contributed by atoms with Crippen molar-refractivity contribution in [3.63, 3.8) is 0 Å². The monoisotopic (exact) mass is 401 g/mol. The first-order chi connectivity index (χ1) is 8.29. The summed E-state index contributed by atoms with van der Waals surface area (Å²) in [5.41, 5.74) is 2.80. The first-order valence-electron chi connectivity index (χ1n) is 6.37. The molecular weight excluding hydrogens is 383 g/mol. The smallest absolute Gasteiger partial charge is 0.0301 e. The summed E-state index contributed by atoms with van der Waals surface area (Å²) in [5.74, 6) is 2.14. The van der Waals surface area contributed by atoms with Crippen molar-refractivity contribution in [3.05, 3.63) is 59.5 Å². The van der Waals surface area contributed by atoms with Gasteiger partial charge in [0.05, 0.1) is 0 Å². The van der Waals surface area contributed by atoms with Crippen molar-refractivity contribution in [2.45, 2.75) is 20.3 Å². The summed E-state index contributed by atoms with van der Waals surface area (Å²) in [4.78, 5) is 0. The first kappa shape index (κ1) is 13.7. The maximum absolute atomic E-state index is 2.34. The van der Waals surface area contributed by atoms with Gasteiger partial charge in [-0.05, 0) is 39.9 Å². The molecule has 3 rings (SSSR count). The molecule has 18 heavy (non-hydrogen) atoms. The molecule has 0 saturated heterocycles. The molecule has 89 valence electrons. The Bertz CT molecular complexity index is 583. The van der Waals surface area contributed by atoms with Gasteiger partial charge in [-0.2, -0.15) is 0 Å². The summed E-state index contributed by atoms with van der Waals surface area (Å²) in [6, 6.07) is 13.2. The SMILES string of the molecule is CCC(C)[C]1C=Cc2cc3ccccc3cc21.[Hf]. The molecule has 1 heteroatoms. The molecule has 0 saturated carbocycles. The predicted octanol–water partition coefficient (Wildman–Crippen LogP) is 4.83. The molecule has 0 N–H and O–H groups in total. The Hall–Kier alpha value is -0.690. The molecule has 1 atom stereocenters. The Labute approximate surface area is 128 Å². The van der Waals surface area contributed by atoms with Crippen LogP contribution in [0.4, 0.5) is 0 Å². The van der Waals surface area contributed by atoms with Crippen LogP contribution in [0.3, 0.4) is 0 Å². The summed E-state index contributed by atoms with van der Waals surface area (Å²) >= 11 is 0. The summed E-state index contributed by atoms with van der Waals surface area (Å²) in [7, 11) is 0. The number of fused-ring (bicyclic) bond motifs is 2. The zero-order valence-electron chi connectivity index (χ0n) is 10.9. The van der Waals surface area contributed by atoms with Gasteiger partial charge in [0.15, 0.2) is 0 Å². The van der Waals surface area contributed by atoms with Crippen molar-refractivity contribution in [3.8, 4) is 0 Å². The van der Waals surface area contributed by atoms with Gasteiger partial charge < -0.3 is 0 Å². The van der Waals surface area contributed by atoms with Gasteiger partial charge >= 0.3 is 0 Å². The van der Waals surface area contributed by atoms with Crippen molar-refractivity contribution >= 4 is 16.8 Å². The van der Waals surface area contributed by atoms with Crippen molar-refractivity contribution < 1.29 is 25.8 Å². The molecule has 0 aliphatic heterocycles. The van der Waals surface area contributed by atoms with Crippen LogP contribution in [0.2, 0.25) is 0 Å². The third kappa shape index (κ3) is 2.25. The molecule has 0 heterocycles. The van der Waals surface area contributed by atoms with E-state index in [4.69, 9.17) is 0 Å². The van der Waals surface area contributed by atoms with Crippen molar-refractivity contribution in [2.75, 3.05) is 0 Å². The van der Waals surface area contributed by atoms with E-state index in [2.05, 4.69) is 62.4 Å². The van der Waals surface area contributed by atoms with Crippen LogP contribution in [0.25, 0.3) is 16.8 Å². The van der Waals surface area contributed by atoms with Crippen molar-refractivity contribution in [1.82, 2.24) is 0 Å². The Morgan fingerprint density at radius 2 is 1.67 bits per heavy atom. The minimum absolute atomic E-state index is 0. The second kappa shape index (κ2) is 5.52. The van der Waals surface area contributed by atoms with Gasteiger partial charge in [-0.15, -0.1) is 0 Å². The molecule has 2 aromatic carbocycles. The van der Waals surface area contributed by atoms with E-state index in [1.165, 1.54) is 34.2 Å². The normalized spacial score (nSPS) is 15.4. The van der Waals surface area contributed by atoms with Gasteiger partial charge in [0.1, 0.15) is 0 Å². The Kier molecular flexibility index (Phi) is 4.21. The van der Waals surface area contributed by atoms with Gasteiger partial charge in [0.2, 0.25) is 0 Å². The zero-order chi connectivity index (χ0) is 11.8. The summed E-state index contributed by atoms with van der Waals surface area (Å²) in [6.45, 7) is 4.56. The standard InChI is InChI=1S/C17H17.Hf/c1-3-12(2)16-9-8-15-10-13-6-4-5-7-14(13)11-17(15)16;/h4-12H,3H2,1-2H3;. The third-order valence-electron chi connectivity index (χ3n) is 3.81. The van der Waals surface area contributed by atoms with Crippen LogP contribution >= 0.6 is 0 Å². The average Bonchev–Trinajstić information content (AvgIpc) is 2.78. The van der Waals surface area contributed by atoms with E-state index in [1.54, 1.807) is 0 Å². The average molecular weight is 400 g/mol. The van der Waals surface area contributed by atoms with E-state index in [0.717, 1.165) is 0 Å². The molecule has 0 bridgehead atoms. The Morgan fingerprint density at radius 3 is 2.33 bits per heavy atom. The summed E-state index contributed by atoms with van der Waals surface area (Å²) in [5, 5.41) is 2.68. The molecule has 1 unspecified atom stereocenters. The van der Waals surface area contributed by atoms with Crippen LogP contribution in [0.5, 0.6) is 0 Å². The second-order valence-corrected chi connectivity index (χ2v) is 4.88. The molecule has 1 aliphatic rings. The van der Waals surface area contributed by atoms with E-state index >= 15 is 0 Å². The van der Waals surface area contributed by atoms with E-state index < -0.39 is 0 Å². The number of allylic oxidation sites excluding steroid dienone is 1. The van der Waals surface area contributed by atoms with Gasteiger partial charge in [-0.1, -0.05) is 56.7 Å². The maximum Gasteiger partial charge on any atom is 0.0301 e. The van der Waals surface area contributed by atoms with E-state index in [9.17, 15) is 0 Å². The Balaban J connectivity index is 0.00000120. The first-order valence-corrected chi connectivity index (χ1v) is 6.37. The van der Waals surface area contributed by atoms with E-state index in [0.29, 0.717) is 5.92 Å². The zero-order valence-corrected chi connectivity index (χ0v) is 14.5. The van der Waals surface area contributed by atoms with Crippen LogP contribution < -0.4 is 0 Å². The van der Waals surface area contributed by atoms with E-state index in [1.807, 2.05) is 0 Å². The number of benzene rings is 2. The van der Waals surface area contributed by atoms with Crippen LogP contribution in [-0.2, 0) is 25.8 Å². The molecule has 0 spiro atoms. The Morgan fingerprint density at radius 1 is 1.00 bits per heavy atom. The van der Waals surface area contributed by atoms with Crippen LogP contribution in [0.1, 0.15) is 31.4 Å². The van der Waals surface area contributed by atoms with Gasteiger partial charge in [-0.3, -0.25) is 0 Å². The van der Waals surface area contributed by atoms with Gasteiger partial charge in [-0.25, -0.2) is 0 Å². The number of hydrogen-bond donors (Lipinski definition) is 0. The van der Waals surface area contributed by atoms with E-state index in [-0.39, 0.29) is 25.8 Å². The fourth-order valence-electron chi connectivity index (χ4n) is 2.56. The predicted molar refractivity (Wildman–Crippen MR) is 74.8 cm³/mol. The maximum atomic E-state index is 2.34. The van der Waals surface area contributed by atoms with Gasteiger partial charge in [0, 0.05) is 31.8 Å². The third-order valence-corrected chi connectivity index (χ3v) is 3.81. The van der Waals surface area contributed by atoms with Crippen LogP contribution in [-0.4, -0.2) is 0 Å². The molecule has 0 nitrogen and oxygen atoms in total. The molecule has 1 radical (unpaired) electrons. The molecule has 0 fully saturated rings. The van der Waals surface area contributed by atoms with Crippen LogP contribution in [0.15, 0.2) is 42.5 Å². The minimum Gasteiger partial charge on any atom is -0.0718 e. The molecule has 1 aliphatic carbocycles. The summed E-state index contributed by atoms with van der Waals surface area (Å²) in [6.07, 6.45) is 5.74. The largest absolute Gasteiger partial charge is 0.0718 e.